The van der Waals surface area contributed by atoms with Gasteiger partial charge in [0, 0.05) is 27.2 Å². The molecule has 468 valence electrons. The van der Waals surface area contributed by atoms with Crippen molar-refractivity contribution in [3.05, 3.63) is 0 Å². The van der Waals surface area contributed by atoms with Crippen LogP contribution in [0.3, 0.4) is 0 Å². The third kappa shape index (κ3) is 14.7. The summed E-state index contributed by atoms with van der Waals surface area (Å²) in [7, 11) is 0. The Balaban J connectivity index is 1.31. The summed E-state index contributed by atoms with van der Waals surface area (Å²) in [6.07, 6.45) is -54.6. The minimum absolute atomic E-state index is 0.797. The molecule has 0 saturated carbocycles. The highest BCUT2D eigenvalue weighted by atomic mass is 16.8. The lowest BCUT2D eigenvalue weighted by atomic mass is 9.90. The van der Waals surface area contributed by atoms with Gasteiger partial charge in [-0.15, -0.1) is 0 Å². The van der Waals surface area contributed by atoms with Crippen LogP contribution in [0.15, 0.2) is 0 Å². The van der Waals surface area contributed by atoms with Crippen LogP contribution in [0.1, 0.15) is 34.1 Å². The quantitative estimate of drug-likeness (QED) is 0.0507. The van der Waals surface area contributed by atoms with Crippen molar-refractivity contribution in [2.24, 2.45) is 0 Å². The molecule has 36 heteroatoms. The third-order valence-corrected chi connectivity index (χ3v) is 14.5. The molecule has 31 atom stereocenters. The van der Waals surface area contributed by atoms with Crippen LogP contribution < -0.4 is 16.0 Å². The molecule has 0 aliphatic carbocycles. The summed E-state index contributed by atoms with van der Waals surface area (Å²) in [6, 6.07) is -5.27. The van der Waals surface area contributed by atoms with E-state index in [-0.39, 0.29) is 0 Å². The zero-order valence-corrected chi connectivity index (χ0v) is 43.7. The highest BCUT2D eigenvalue weighted by Crippen LogP contribution is 2.39. The van der Waals surface area contributed by atoms with Gasteiger partial charge in [-0.3, -0.25) is 14.4 Å². The van der Waals surface area contributed by atoms with Crippen molar-refractivity contribution in [2.75, 3.05) is 33.0 Å². The first-order chi connectivity index (χ1) is 38.0. The van der Waals surface area contributed by atoms with Gasteiger partial charge in [0.15, 0.2) is 31.5 Å². The lowest BCUT2D eigenvalue weighted by Crippen LogP contribution is -2.71. The first-order valence-electron chi connectivity index (χ1n) is 25.6. The van der Waals surface area contributed by atoms with Crippen molar-refractivity contribution in [3.8, 4) is 0 Å². The molecule has 6 rings (SSSR count). The van der Waals surface area contributed by atoms with Crippen LogP contribution in [0.4, 0.5) is 0 Å². The predicted molar refractivity (Wildman–Crippen MR) is 250 cm³/mol. The van der Waals surface area contributed by atoms with E-state index in [0.717, 1.165) is 20.8 Å². The number of aliphatic carboxylic acids is 1. The molecule has 0 aromatic heterocycles. The van der Waals surface area contributed by atoms with Crippen molar-refractivity contribution in [3.63, 3.8) is 0 Å². The second kappa shape index (κ2) is 28.3. The monoisotopic (exact) mass is 1190 g/mol. The van der Waals surface area contributed by atoms with Crippen LogP contribution in [0, 0.1) is 0 Å². The lowest BCUT2D eigenvalue weighted by Gasteiger charge is -2.51. The summed E-state index contributed by atoms with van der Waals surface area (Å²) in [5.74, 6) is -7.87. The first kappa shape index (κ1) is 66.9. The molecular weight excluding hydrogens is 1110 g/mol. The van der Waals surface area contributed by atoms with Crippen molar-refractivity contribution in [1.82, 2.24) is 16.0 Å². The van der Waals surface area contributed by atoms with E-state index in [1.54, 1.807) is 0 Å². The maximum atomic E-state index is 13.1. The summed E-state index contributed by atoms with van der Waals surface area (Å²) < 4.78 is 64.2. The number of carboxylic acids is 1. The van der Waals surface area contributed by atoms with Gasteiger partial charge in [-0.1, -0.05) is 0 Å². The minimum atomic E-state index is -3.22. The molecule has 0 radical (unpaired) electrons. The number of aliphatic hydroxyl groups excluding tert-OH is 17. The standard InChI is InChI=1S/C45H75N3O33/c1-11-24(58)31(65)32(66)42(72-11)77-34-19(9-52)76-40(23(48-14(4)55)36(34)79-41-21(46-12(2)53)30(64)27(61)17(7-50)74-41)71-10-20-29(63)35(22(39(68)73-20)47-13(3)54)78-43-33(67)38(28(62)18(8-51)75-43)81-45(44(69)70)5-15(56)25(59)37(80-45)26(60)16(57)6-49/h11,15-43,49-52,56-68H,5-10H2,1-4H3,(H,46,53)(H,47,54)(H,48,55)(H,69,70)/t11-,15-,16+,17+,18+,19+,20+,21+,22+,23+,24+,25+,26+,27+,28-,29-,30+,31+,32-,33+,34+,35+,36+,37+,38-,39+,40+,41-,42-,43-,45-/m0/s1. The molecule has 3 amide bonds. The lowest BCUT2D eigenvalue weighted by molar-refractivity contribution is -0.386. The highest BCUT2D eigenvalue weighted by Gasteiger charge is 2.61. The molecule has 6 fully saturated rings. The molecular formula is C45H75N3O33. The summed E-state index contributed by atoms with van der Waals surface area (Å²) in [6.45, 7) is -0.927. The van der Waals surface area contributed by atoms with E-state index in [4.69, 9.17) is 52.1 Å². The van der Waals surface area contributed by atoms with E-state index in [0.29, 0.717) is 0 Å². The number of hydrogen-bond acceptors (Lipinski definition) is 32. The van der Waals surface area contributed by atoms with Crippen molar-refractivity contribution in [1.29, 1.82) is 0 Å². The molecule has 0 aromatic rings. The fourth-order valence-corrected chi connectivity index (χ4v) is 10.2. The van der Waals surface area contributed by atoms with Crippen molar-refractivity contribution < 1.29 is 163 Å². The number of carbonyl (C=O) groups excluding carboxylic acids is 3. The number of amides is 3. The summed E-state index contributed by atoms with van der Waals surface area (Å²) >= 11 is 0. The maximum Gasteiger partial charge on any atom is 0.364 e. The van der Waals surface area contributed by atoms with Gasteiger partial charge < -0.3 is 160 Å². The zero-order valence-electron chi connectivity index (χ0n) is 43.7. The van der Waals surface area contributed by atoms with E-state index in [1.165, 1.54) is 6.92 Å². The summed E-state index contributed by atoms with van der Waals surface area (Å²) in [5.41, 5.74) is 0. The molecule has 21 N–H and O–H groups in total. The Labute approximate surface area is 459 Å². The van der Waals surface area contributed by atoms with Gasteiger partial charge in [0.05, 0.1) is 45.2 Å². The molecule has 6 aliphatic rings. The SMILES string of the molecule is CC(=O)N[C@@H]1[C@@H](O[C@@H]2O[C@H](CO)[C@H](O)[C@H](O[C@]3(C(=O)O)C[C@H](O)[C@@H](O)[C@H]([C@H](O)[C@H](O)CO)O3)[C@H]2O)[C@@H](O)[C@@H](CO[C@@H]2O[C@H](CO)[C@@H](O[C@@H]3O[C@@H](C)[C@@H](O)[C@@H](O)[C@@H]3O)[C@H](O[C@@H]3O[C@H](CO)[C@@H](O)[C@H](O)[C@H]3NC(C)=O)[C@H]2NC(C)=O)O[C@H]1O. The second-order valence-corrected chi connectivity index (χ2v) is 20.4. The van der Waals surface area contributed by atoms with Crippen LogP contribution in [-0.2, 0) is 71.3 Å². The Bertz CT molecular complexity index is 2080. The Kier molecular flexibility index (Phi) is 23.4. The first-order valence-corrected chi connectivity index (χ1v) is 25.6. The fraction of sp³-hybridized carbons (Fsp3) is 0.911. The molecule has 6 heterocycles. The molecule has 0 spiro atoms. The van der Waals surface area contributed by atoms with E-state index >= 15 is 0 Å². The normalized spacial score (nSPS) is 46.7. The van der Waals surface area contributed by atoms with E-state index in [1.807, 2.05) is 0 Å². The average molecular weight is 1190 g/mol. The Morgan fingerprint density at radius 2 is 1.05 bits per heavy atom. The largest absolute Gasteiger partial charge is 0.477 e. The molecule has 6 saturated heterocycles. The maximum absolute atomic E-state index is 13.1. The topological polar surface area (TPSA) is 570 Å². The van der Waals surface area contributed by atoms with Crippen molar-refractivity contribution >= 4 is 23.7 Å². The average Bonchev–Trinajstić information content (AvgIpc) is 3.58. The van der Waals surface area contributed by atoms with Crippen LogP contribution in [0.5, 0.6) is 0 Å². The second-order valence-electron chi connectivity index (χ2n) is 20.4. The molecule has 81 heavy (non-hydrogen) atoms. The van der Waals surface area contributed by atoms with Crippen LogP contribution in [-0.4, -0.2) is 338 Å². The van der Waals surface area contributed by atoms with Gasteiger partial charge in [-0.25, -0.2) is 4.79 Å². The molecule has 0 aromatic carbocycles. The van der Waals surface area contributed by atoms with Gasteiger partial charge in [0.1, 0.15) is 140 Å². The number of carboxylic acid groups (broad SMARTS) is 1. The summed E-state index contributed by atoms with van der Waals surface area (Å²) in [4.78, 5) is 50.9. The number of aliphatic hydroxyl groups is 17. The number of hydrogen-bond donors (Lipinski definition) is 21. The van der Waals surface area contributed by atoms with Gasteiger partial charge in [-0.2, -0.15) is 0 Å². The van der Waals surface area contributed by atoms with Crippen LogP contribution in [0.25, 0.3) is 0 Å². The van der Waals surface area contributed by atoms with Gasteiger partial charge >= 0.3 is 5.97 Å². The number of rotatable bonds is 21. The van der Waals surface area contributed by atoms with E-state index in [9.17, 15) is 111 Å². The summed E-state index contributed by atoms with van der Waals surface area (Å²) in [5, 5.41) is 201. The smallest absolute Gasteiger partial charge is 0.364 e. The fourth-order valence-electron chi connectivity index (χ4n) is 10.2. The van der Waals surface area contributed by atoms with Gasteiger partial charge in [-0.05, 0) is 6.92 Å². The van der Waals surface area contributed by atoms with E-state index in [2.05, 4.69) is 16.0 Å². The Morgan fingerprint density at radius 1 is 0.531 bits per heavy atom. The van der Waals surface area contributed by atoms with E-state index < -0.39 is 253 Å². The molecule has 36 nitrogen and oxygen atoms in total. The Hall–Kier alpha value is -3.24. The number of carbonyl (C=O) groups is 4. The minimum Gasteiger partial charge on any atom is -0.477 e. The number of ether oxygens (including phenoxy) is 11. The number of nitrogens with one attached hydrogen (secondary N) is 3. The molecule has 0 bridgehead atoms. The third-order valence-electron chi connectivity index (χ3n) is 14.5. The van der Waals surface area contributed by atoms with Gasteiger partial charge in [0.25, 0.3) is 5.79 Å². The molecule has 6 aliphatic heterocycles. The van der Waals surface area contributed by atoms with Crippen molar-refractivity contribution in [2.45, 2.75) is 224 Å². The zero-order chi connectivity index (χ0) is 60.3. The Morgan fingerprint density at radius 3 is 1.63 bits per heavy atom. The van der Waals surface area contributed by atoms with Crippen LogP contribution >= 0.6 is 0 Å². The predicted octanol–water partition coefficient (Wildman–Crippen LogP) is -13.4. The highest BCUT2D eigenvalue weighted by molar-refractivity contribution is 5.76. The van der Waals surface area contributed by atoms with Gasteiger partial charge in [0.2, 0.25) is 17.7 Å². The molecule has 0 unspecified atom stereocenters. The van der Waals surface area contributed by atoms with Crippen LogP contribution in [0.2, 0.25) is 0 Å².